The van der Waals surface area contributed by atoms with E-state index in [4.69, 9.17) is 22.9 Å². The Morgan fingerprint density at radius 1 is 1.22 bits per heavy atom. The maximum absolute atomic E-state index is 9.73. The summed E-state index contributed by atoms with van der Waals surface area (Å²) in [5.74, 6) is 1.12. The number of rotatable bonds is 7. The lowest BCUT2D eigenvalue weighted by molar-refractivity contribution is 0.0713. The first-order chi connectivity index (χ1) is 18.1. The fraction of sp³-hybridized carbons (Fsp3) is 0.480. The minimum atomic E-state index is 0.267. The largest absolute Gasteiger partial charge is 0.377 e. The highest BCUT2D eigenvalue weighted by molar-refractivity contribution is 6.36. The number of nitriles is 1. The number of hydrogen-bond donors (Lipinski definition) is 2. The molecular weight excluding hydrogens is 492 g/mol. The Morgan fingerprint density at radius 2 is 2.05 bits per heavy atom. The molecule has 1 saturated carbocycles. The van der Waals surface area contributed by atoms with Crippen molar-refractivity contribution in [2.45, 2.75) is 37.8 Å². The van der Waals surface area contributed by atoms with Gasteiger partial charge in [-0.3, -0.25) is 4.90 Å². The fourth-order valence-corrected chi connectivity index (χ4v) is 5.16. The van der Waals surface area contributed by atoms with E-state index in [2.05, 4.69) is 46.4 Å². The van der Waals surface area contributed by atoms with Crippen molar-refractivity contribution < 1.29 is 4.74 Å². The number of benzene rings is 1. The minimum Gasteiger partial charge on any atom is -0.377 e. The molecule has 0 amide bonds. The number of imidazole rings is 1. The van der Waals surface area contributed by atoms with E-state index < -0.39 is 0 Å². The molecule has 1 aromatic carbocycles. The van der Waals surface area contributed by atoms with E-state index in [0.717, 1.165) is 70.7 Å². The third kappa shape index (κ3) is 4.98. The molecule has 2 N–H and O–H groups in total. The number of piperazine rings is 1. The maximum Gasteiger partial charge on any atom is 0.275 e. The molecule has 12 heteroatoms. The molecule has 0 radical (unpaired) electrons. The summed E-state index contributed by atoms with van der Waals surface area (Å²) in [5.41, 5.74) is 2.34. The van der Waals surface area contributed by atoms with Gasteiger partial charge in [0.05, 0.1) is 40.3 Å². The van der Waals surface area contributed by atoms with Gasteiger partial charge in [-0.15, -0.1) is 4.52 Å². The number of ether oxygens (including phenoxy) is 1. The second kappa shape index (κ2) is 10.0. The molecule has 0 spiro atoms. The van der Waals surface area contributed by atoms with Crippen LogP contribution in [0.5, 0.6) is 0 Å². The first-order valence-corrected chi connectivity index (χ1v) is 13.0. The van der Waals surface area contributed by atoms with Crippen molar-refractivity contribution in [3.05, 3.63) is 40.3 Å². The molecule has 2 aliphatic heterocycles. The van der Waals surface area contributed by atoms with Crippen molar-refractivity contribution in [1.82, 2.24) is 24.5 Å². The number of aromatic nitrogens is 4. The standard InChI is InChI=1S/C25H27ClN10O/c1-28-21-14-29-24-23(30-17-4-5-17)32-25(33-36(21)24)31-19-11-16(13-27)12-20(22(19)26)35-8-6-34(7-9-35)15-18-3-2-10-37-18/h11-12,14,17-18H,2-10,15H2,(H2,30,31,32,33). The Labute approximate surface area is 219 Å². The van der Waals surface area contributed by atoms with Crippen molar-refractivity contribution in [2.75, 3.05) is 54.9 Å². The fourth-order valence-electron chi connectivity index (χ4n) is 4.88. The molecule has 2 aromatic heterocycles. The van der Waals surface area contributed by atoms with E-state index in [-0.39, 0.29) is 11.8 Å². The predicted octanol–water partition coefficient (Wildman–Crippen LogP) is 3.82. The third-order valence-electron chi connectivity index (χ3n) is 7.00. The Hall–Kier alpha value is -3.64. The van der Waals surface area contributed by atoms with Gasteiger partial charge in [-0.05, 0) is 37.8 Å². The number of hydrogen-bond acceptors (Lipinski definition) is 9. The molecule has 37 heavy (non-hydrogen) atoms. The molecule has 3 fully saturated rings. The summed E-state index contributed by atoms with van der Waals surface area (Å²) in [6.07, 6.45) is 6.23. The quantitative estimate of drug-likeness (QED) is 0.451. The maximum atomic E-state index is 9.73. The predicted molar refractivity (Wildman–Crippen MR) is 141 cm³/mol. The number of nitrogens with zero attached hydrogens (tertiary/aromatic N) is 8. The van der Waals surface area contributed by atoms with Crippen LogP contribution < -0.4 is 15.5 Å². The molecule has 0 bridgehead atoms. The van der Waals surface area contributed by atoms with E-state index >= 15 is 0 Å². The van der Waals surface area contributed by atoms with Crippen molar-refractivity contribution in [1.29, 1.82) is 5.26 Å². The zero-order valence-corrected chi connectivity index (χ0v) is 21.1. The lowest BCUT2D eigenvalue weighted by atomic mass is 10.1. The summed E-state index contributed by atoms with van der Waals surface area (Å²) in [7, 11) is 0. The average Bonchev–Trinajstić information content (AvgIpc) is 3.40. The third-order valence-corrected chi connectivity index (χ3v) is 7.40. The van der Waals surface area contributed by atoms with Crippen LogP contribution in [0.1, 0.15) is 31.2 Å². The second-order valence-corrected chi connectivity index (χ2v) is 10.1. The van der Waals surface area contributed by atoms with Gasteiger partial charge in [0.1, 0.15) is 0 Å². The minimum absolute atomic E-state index is 0.267. The van der Waals surface area contributed by atoms with Crippen LogP contribution in [0.15, 0.2) is 18.3 Å². The Bertz CT molecular complexity index is 1390. The van der Waals surface area contributed by atoms with Crippen molar-refractivity contribution in [3.8, 4) is 6.07 Å². The molecular formula is C25H27ClN10O. The van der Waals surface area contributed by atoms with Crippen molar-refractivity contribution >= 4 is 46.2 Å². The van der Waals surface area contributed by atoms with Gasteiger partial charge in [-0.1, -0.05) is 23.3 Å². The zero-order chi connectivity index (χ0) is 25.4. The van der Waals surface area contributed by atoms with Crippen LogP contribution in [0.2, 0.25) is 5.02 Å². The number of fused-ring (bicyclic) bond motifs is 1. The van der Waals surface area contributed by atoms with Gasteiger partial charge in [0.15, 0.2) is 5.82 Å². The Morgan fingerprint density at radius 3 is 2.76 bits per heavy atom. The second-order valence-electron chi connectivity index (χ2n) is 9.68. The van der Waals surface area contributed by atoms with Crippen LogP contribution in [0, 0.1) is 17.9 Å². The van der Waals surface area contributed by atoms with Crippen LogP contribution in [-0.2, 0) is 4.74 Å². The smallest absolute Gasteiger partial charge is 0.275 e. The molecule has 3 aliphatic rings. The summed E-state index contributed by atoms with van der Waals surface area (Å²) >= 11 is 6.90. The number of halogens is 1. The highest BCUT2D eigenvalue weighted by atomic mass is 35.5. The van der Waals surface area contributed by atoms with E-state index in [0.29, 0.717) is 39.9 Å². The summed E-state index contributed by atoms with van der Waals surface area (Å²) in [4.78, 5) is 17.1. The van der Waals surface area contributed by atoms with Gasteiger partial charge >= 0.3 is 0 Å². The van der Waals surface area contributed by atoms with Crippen molar-refractivity contribution in [2.24, 2.45) is 0 Å². The van der Waals surface area contributed by atoms with Gasteiger partial charge in [0.2, 0.25) is 0 Å². The van der Waals surface area contributed by atoms with Crippen molar-refractivity contribution in [3.63, 3.8) is 0 Å². The molecule has 190 valence electrons. The molecule has 11 nitrogen and oxygen atoms in total. The molecule has 4 heterocycles. The van der Waals surface area contributed by atoms with Crippen LogP contribution in [0.4, 0.5) is 29.0 Å². The molecule has 3 aromatic rings. The van der Waals surface area contributed by atoms with Crippen LogP contribution in [0.25, 0.3) is 10.5 Å². The van der Waals surface area contributed by atoms with E-state index in [1.54, 1.807) is 6.07 Å². The summed E-state index contributed by atoms with van der Waals surface area (Å²) < 4.78 is 7.27. The monoisotopic (exact) mass is 518 g/mol. The molecule has 2 saturated heterocycles. The van der Waals surface area contributed by atoms with Crippen LogP contribution >= 0.6 is 11.6 Å². The van der Waals surface area contributed by atoms with Gasteiger partial charge in [-0.2, -0.15) is 10.2 Å². The van der Waals surface area contributed by atoms with E-state index in [1.807, 2.05) is 6.07 Å². The Balaban J connectivity index is 1.26. The van der Waals surface area contributed by atoms with E-state index in [9.17, 15) is 5.26 Å². The number of nitrogens with one attached hydrogen (secondary N) is 2. The lowest BCUT2D eigenvalue weighted by Crippen LogP contribution is -2.48. The number of anilines is 4. The van der Waals surface area contributed by atoms with Gasteiger partial charge in [-0.25, -0.2) is 4.98 Å². The van der Waals surface area contributed by atoms with E-state index in [1.165, 1.54) is 10.7 Å². The summed E-state index contributed by atoms with van der Waals surface area (Å²) in [6.45, 7) is 12.7. The van der Waals surface area contributed by atoms with Gasteiger partial charge in [0.25, 0.3) is 17.4 Å². The van der Waals surface area contributed by atoms with Crippen LogP contribution in [-0.4, -0.2) is 76.0 Å². The normalized spacial score (nSPS) is 20.1. The summed E-state index contributed by atoms with van der Waals surface area (Å²) in [5, 5.41) is 21.3. The highest BCUT2D eigenvalue weighted by Gasteiger charge is 2.27. The topological polar surface area (TPSA) is 111 Å². The van der Waals surface area contributed by atoms with Crippen LogP contribution in [0.3, 0.4) is 0 Å². The van der Waals surface area contributed by atoms with Gasteiger partial charge in [0, 0.05) is 45.4 Å². The molecule has 1 unspecified atom stereocenters. The average molecular weight is 519 g/mol. The molecule has 1 atom stereocenters. The Kier molecular flexibility index (Phi) is 6.43. The highest BCUT2D eigenvalue weighted by Crippen LogP contribution is 2.37. The first-order valence-electron chi connectivity index (χ1n) is 12.6. The van der Waals surface area contributed by atoms with Gasteiger partial charge < -0.3 is 25.1 Å². The zero-order valence-electron chi connectivity index (χ0n) is 20.3. The molecule has 6 rings (SSSR count). The SMILES string of the molecule is [C-]#[N+]c1cnc2c(NC3CC3)nc(Nc3cc(C#N)cc(N4CCN(CC5CCCO5)CC4)c3Cl)nn12. The summed E-state index contributed by atoms with van der Waals surface area (Å²) in [6, 6.07) is 6.12. The lowest BCUT2D eigenvalue weighted by Gasteiger charge is -2.37. The molecule has 1 aliphatic carbocycles. The first kappa shape index (κ1) is 23.7.